The minimum absolute atomic E-state index is 0.244. The SMILES string of the molecule is C=CC(CC=O)c1ccc2c(N)c(C(=O)Nc3ccc(/C(C)=C/C(=C\CC(O)(O)O)C(O)(O)O)cc3)sc2n1. The van der Waals surface area contributed by atoms with Gasteiger partial charge in [0.1, 0.15) is 16.0 Å². The van der Waals surface area contributed by atoms with Crippen LogP contribution in [0.4, 0.5) is 11.4 Å². The van der Waals surface area contributed by atoms with Crippen molar-refractivity contribution in [1.82, 2.24) is 4.98 Å². The molecule has 0 fully saturated rings. The molecule has 0 saturated heterocycles. The van der Waals surface area contributed by atoms with Gasteiger partial charge in [-0.05, 0) is 48.4 Å². The lowest BCUT2D eigenvalue weighted by Crippen LogP contribution is -2.31. The van der Waals surface area contributed by atoms with Crippen molar-refractivity contribution in [2.24, 2.45) is 0 Å². The van der Waals surface area contributed by atoms with E-state index in [1.807, 2.05) is 0 Å². The second-order valence-electron chi connectivity index (χ2n) is 8.81. The molecule has 3 aromatic rings. The minimum atomic E-state index is -3.29. The molecule has 1 atom stereocenters. The number of benzene rings is 1. The lowest BCUT2D eigenvalue weighted by Gasteiger charge is -2.18. The lowest BCUT2D eigenvalue weighted by molar-refractivity contribution is -0.309. The fourth-order valence-corrected chi connectivity index (χ4v) is 4.68. The Labute approximate surface area is 227 Å². The third kappa shape index (κ3) is 7.65. The number of allylic oxidation sites excluding steroid dienone is 2. The fourth-order valence-electron chi connectivity index (χ4n) is 3.69. The minimum Gasteiger partial charge on any atom is -0.397 e. The molecule has 39 heavy (non-hydrogen) atoms. The molecule has 12 heteroatoms. The molecule has 2 heterocycles. The van der Waals surface area contributed by atoms with Crippen molar-refractivity contribution in [3.63, 3.8) is 0 Å². The standard InChI is InChI=1S/C27H29N3O8S/c1-3-16(11-13-31)21-9-8-20-22(28)23(39-25(20)30-21)24(32)29-19-6-4-17(5-7-19)15(2)14-18(27(36,37)38)10-12-26(33,34)35/h3-10,13-14,16,33-38H,1,11-12,28H2,2H3,(H,29,32)/b15-14+,18-10+. The van der Waals surface area contributed by atoms with E-state index in [4.69, 9.17) is 21.1 Å². The highest BCUT2D eigenvalue weighted by atomic mass is 32.1. The van der Waals surface area contributed by atoms with E-state index in [1.165, 1.54) is 6.08 Å². The number of hydrogen-bond acceptors (Lipinski definition) is 11. The molecule has 1 amide bonds. The smallest absolute Gasteiger partial charge is 0.304 e. The molecule has 2 aromatic heterocycles. The monoisotopic (exact) mass is 555 g/mol. The number of nitrogens with zero attached hydrogens (tertiary/aromatic N) is 1. The number of rotatable bonds is 11. The number of amides is 1. The van der Waals surface area contributed by atoms with Gasteiger partial charge in [-0.15, -0.1) is 17.9 Å². The molecule has 3 rings (SSSR count). The number of nitrogen functional groups attached to an aromatic ring is 1. The lowest BCUT2D eigenvalue weighted by atomic mass is 10.0. The van der Waals surface area contributed by atoms with E-state index < -0.39 is 29.8 Å². The Morgan fingerprint density at radius 2 is 1.79 bits per heavy atom. The zero-order valence-electron chi connectivity index (χ0n) is 20.9. The first-order chi connectivity index (χ1) is 18.2. The summed E-state index contributed by atoms with van der Waals surface area (Å²) in [6, 6.07) is 9.98. The summed E-state index contributed by atoms with van der Waals surface area (Å²) < 4.78 is 0. The van der Waals surface area contributed by atoms with E-state index in [-0.39, 0.29) is 22.9 Å². The van der Waals surface area contributed by atoms with E-state index in [0.29, 0.717) is 32.7 Å². The van der Waals surface area contributed by atoms with E-state index in [9.17, 15) is 24.9 Å². The molecule has 11 nitrogen and oxygen atoms in total. The van der Waals surface area contributed by atoms with Gasteiger partial charge in [-0.25, -0.2) is 4.98 Å². The first-order valence-electron chi connectivity index (χ1n) is 11.6. The molecular weight excluding hydrogens is 526 g/mol. The zero-order chi connectivity index (χ0) is 29.0. The van der Waals surface area contributed by atoms with Crippen LogP contribution in [0.3, 0.4) is 0 Å². The fraction of sp³-hybridized carbons (Fsp3) is 0.222. The largest absolute Gasteiger partial charge is 0.397 e. The second kappa shape index (κ2) is 12.0. The van der Waals surface area contributed by atoms with Crippen molar-refractivity contribution in [3.05, 3.63) is 82.9 Å². The number of fused-ring (bicyclic) bond motifs is 1. The van der Waals surface area contributed by atoms with Crippen molar-refractivity contribution < 1.29 is 40.2 Å². The quantitative estimate of drug-likeness (QED) is 0.0747. The van der Waals surface area contributed by atoms with Gasteiger partial charge < -0.3 is 46.5 Å². The highest BCUT2D eigenvalue weighted by Gasteiger charge is 2.26. The predicted octanol–water partition coefficient (Wildman–Crippen LogP) is 1.97. The highest BCUT2D eigenvalue weighted by molar-refractivity contribution is 7.21. The van der Waals surface area contributed by atoms with Crippen LogP contribution in [0.1, 0.15) is 46.6 Å². The maximum Gasteiger partial charge on any atom is 0.304 e. The second-order valence-corrected chi connectivity index (χ2v) is 9.81. The molecule has 0 radical (unpaired) electrons. The van der Waals surface area contributed by atoms with Crippen molar-refractivity contribution >= 4 is 50.7 Å². The molecule has 0 aliphatic rings. The summed E-state index contributed by atoms with van der Waals surface area (Å²) in [6.45, 7) is 5.34. The summed E-state index contributed by atoms with van der Waals surface area (Å²) in [6.07, 6.45) is 3.92. The summed E-state index contributed by atoms with van der Waals surface area (Å²) >= 11 is 1.12. The van der Waals surface area contributed by atoms with Gasteiger partial charge in [-0.2, -0.15) is 0 Å². The van der Waals surface area contributed by atoms with Gasteiger partial charge in [0.25, 0.3) is 11.9 Å². The molecular formula is C27H29N3O8S. The molecule has 0 saturated carbocycles. The Hall–Kier alpha value is -3.75. The maximum atomic E-state index is 13.0. The van der Waals surface area contributed by atoms with Gasteiger partial charge in [0.2, 0.25) is 0 Å². The molecule has 0 spiro atoms. The average molecular weight is 556 g/mol. The van der Waals surface area contributed by atoms with E-state index in [0.717, 1.165) is 23.7 Å². The third-order valence-electron chi connectivity index (χ3n) is 5.79. The number of nitrogens with two attached hydrogens (primary N) is 1. The molecule has 1 unspecified atom stereocenters. The molecule has 1 aromatic carbocycles. The summed E-state index contributed by atoms with van der Waals surface area (Å²) in [5.41, 5.74) is 8.13. The molecule has 206 valence electrons. The van der Waals surface area contributed by atoms with Crippen LogP contribution in [-0.4, -0.2) is 59.8 Å². The zero-order valence-corrected chi connectivity index (χ0v) is 21.7. The van der Waals surface area contributed by atoms with Crippen LogP contribution in [0.2, 0.25) is 0 Å². The van der Waals surface area contributed by atoms with Crippen molar-refractivity contribution in [3.8, 4) is 0 Å². The Kier molecular flexibility index (Phi) is 9.14. The Morgan fingerprint density at radius 1 is 1.13 bits per heavy atom. The first-order valence-corrected chi connectivity index (χ1v) is 12.4. The number of carbonyl (C=O) groups is 2. The van der Waals surface area contributed by atoms with Crippen LogP contribution in [0, 0.1) is 0 Å². The molecule has 0 aliphatic carbocycles. The number of pyridine rings is 1. The van der Waals surface area contributed by atoms with Gasteiger partial charge in [-0.1, -0.05) is 24.3 Å². The number of aromatic nitrogens is 1. The number of aliphatic hydroxyl groups is 6. The Balaban J connectivity index is 1.80. The summed E-state index contributed by atoms with van der Waals surface area (Å²) in [7, 11) is 0. The maximum absolute atomic E-state index is 13.0. The highest BCUT2D eigenvalue weighted by Crippen LogP contribution is 2.34. The van der Waals surface area contributed by atoms with E-state index in [2.05, 4.69) is 16.9 Å². The Morgan fingerprint density at radius 3 is 2.36 bits per heavy atom. The summed E-state index contributed by atoms with van der Waals surface area (Å²) in [5, 5.41) is 59.1. The number of anilines is 2. The van der Waals surface area contributed by atoms with Gasteiger partial charge in [0.05, 0.1) is 5.69 Å². The van der Waals surface area contributed by atoms with Gasteiger partial charge >= 0.3 is 5.97 Å². The molecule has 0 aliphatic heterocycles. The van der Waals surface area contributed by atoms with Crippen molar-refractivity contribution in [2.45, 2.75) is 37.6 Å². The normalized spacial score (nSPS) is 13.8. The van der Waals surface area contributed by atoms with Crippen LogP contribution < -0.4 is 11.1 Å². The van der Waals surface area contributed by atoms with Crippen LogP contribution in [0.25, 0.3) is 15.8 Å². The topological polar surface area (TPSA) is 206 Å². The van der Waals surface area contributed by atoms with Crippen molar-refractivity contribution in [2.75, 3.05) is 11.1 Å². The van der Waals surface area contributed by atoms with Crippen molar-refractivity contribution in [1.29, 1.82) is 0 Å². The third-order valence-corrected chi connectivity index (χ3v) is 6.90. The summed E-state index contributed by atoms with van der Waals surface area (Å²) in [5.74, 6) is -7.08. The summed E-state index contributed by atoms with van der Waals surface area (Å²) in [4.78, 5) is 29.3. The van der Waals surface area contributed by atoms with Gasteiger partial charge in [0, 0.05) is 41.1 Å². The number of hydrogen-bond donors (Lipinski definition) is 8. The van der Waals surface area contributed by atoms with Gasteiger partial charge in [-0.3, -0.25) is 4.79 Å². The Bertz CT molecular complexity index is 1430. The number of thiophene rings is 1. The van der Waals surface area contributed by atoms with E-state index >= 15 is 0 Å². The predicted molar refractivity (Wildman–Crippen MR) is 147 cm³/mol. The van der Waals surface area contributed by atoms with Crippen LogP contribution in [0.5, 0.6) is 0 Å². The average Bonchev–Trinajstić information content (AvgIpc) is 3.19. The van der Waals surface area contributed by atoms with E-state index in [1.54, 1.807) is 49.4 Å². The van der Waals surface area contributed by atoms with Crippen LogP contribution in [-0.2, 0) is 4.79 Å². The molecule has 9 N–H and O–H groups in total. The first kappa shape index (κ1) is 29.8. The van der Waals surface area contributed by atoms with Crippen LogP contribution >= 0.6 is 11.3 Å². The van der Waals surface area contributed by atoms with Gasteiger partial charge in [0.15, 0.2) is 0 Å². The molecule has 0 bridgehead atoms. The number of aldehydes is 1. The van der Waals surface area contributed by atoms with Crippen LogP contribution in [0.15, 0.2) is 66.8 Å². The number of nitrogens with one attached hydrogen (secondary N) is 1. The number of carbonyl (C=O) groups excluding carboxylic acids is 2.